The summed E-state index contributed by atoms with van der Waals surface area (Å²) in [5, 5.41) is 12.2. The van der Waals surface area contributed by atoms with E-state index in [0.717, 1.165) is 0 Å². The van der Waals surface area contributed by atoms with Gasteiger partial charge in [-0.1, -0.05) is 29.3 Å². The van der Waals surface area contributed by atoms with Gasteiger partial charge >= 0.3 is 5.97 Å². The van der Waals surface area contributed by atoms with E-state index in [4.69, 9.17) is 28.3 Å². The van der Waals surface area contributed by atoms with Gasteiger partial charge in [-0.3, -0.25) is 4.79 Å². The van der Waals surface area contributed by atoms with Gasteiger partial charge in [0.05, 0.1) is 0 Å². The fourth-order valence-electron chi connectivity index (χ4n) is 1.50. The van der Waals surface area contributed by atoms with Crippen molar-refractivity contribution in [3.8, 4) is 0 Å². The molecule has 104 valence electrons. The first-order valence-corrected chi connectivity index (χ1v) is 6.15. The molecule has 1 atom stereocenters. The highest BCUT2D eigenvalue weighted by atomic mass is 35.5. The molecule has 0 aliphatic heterocycles. The molecule has 0 heterocycles. The summed E-state index contributed by atoms with van der Waals surface area (Å²) in [4.78, 5) is 22.5. The van der Waals surface area contributed by atoms with Gasteiger partial charge in [0.15, 0.2) is 0 Å². The molecular formula is C12H13Cl2NO4. The van der Waals surface area contributed by atoms with Crippen LogP contribution in [0.4, 0.5) is 0 Å². The number of halogens is 2. The molecule has 0 aliphatic rings. The number of nitrogens with one attached hydrogen (secondary N) is 1. The molecule has 0 saturated carbocycles. The molecule has 19 heavy (non-hydrogen) atoms. The van der Waals surface area contributed by atoms with Crippen LogP contribution in [-0.4, -0.2) is 36.7 Å². The second-order valence-corrected chi connectivity index (χ2v) is 4.61. The number of hydrogen-bond donors (Lipinski definition) is 2. The van der Waals surface area contributed by atoms with Gasteiger partial charge in [-0.05, 0) is 17.7 Å². The SMILES string of the molecule is COCC(=O)N[C@H](Cc1c(Cl)cccc1Cl)C(=O)O. The molecule has 7 heteroatoms. The quantitative estimate of drug-likeness (QED) is 0.839. The Bertz CT molecular complexity index is 459. The summed E-state index contributed by atoms with van der Waals surface area (Å²) in [5.41, 5.74) is 0.482. The van der Waals surface area contributed by atoms with Crippen LogP contribution >= 0.6 is 23.2 Å². The van der Waals surface area contributed by atoms with Gasteiger partial charge in [-0.25, -0.2) is 4.79 Å². The number of hydrogen-bond acceptors (Lipinski definition) is 3. The molecular weight excluding hydrogens is 293 g/mol. The molecule has 0 bridgehead atoms. The normalized spacial score (nSPS) is 11.9. The van der Waals surface area contributed by atoms with Gasteiger partial charge in [-0.2, -0.15) is 0 Å². The van der Waals surface area contributed by atoms with Crippen molar-refractivity contribution in [1.29, 1.82) is 0 Å². The van der Waals surface area contributed by atoms with Crippen LogP contribution in [0.5, 0.6) is 0 Å². The fourth-order valence-corrected chi connectivity index (χ4v) is 2.05. The predicted molar refractivity (Wildman–Crippen MR) is 71.6 cm³/mol. The lowest BCUT2D eigenvalue weighted by atomic mass is 10.1. The van der Waals surface area contributed by atoms with Crippen LogP contribution in [0.1, 0.15) is 5.56 Å². The Hall–Kier alpha value is -1.30. The molecule has 0 saturated heterocycles. The second kappa shape index (κ2) is 7.33. The highest BCUT2D eigenvalue weighted by Crippen LogP contribution is 2.25. The van der Waals surface area contributed by atoms with Crippen LogP contribution < -0.4 is 5.32 Å². The molecule has 2 N–H and O–H groups in total. The number of methoxy groups -OCH3 is 1. The van der Waals surface area contributed by atoms with Crippen LogP contribution in [-0.2, 0) is 20.7 Å². The molecule has 0 aliphatic carbocycles. The van der Waals surface area contributed by atoms with E-state index in [1.807, 2.05) is 0 Å². The lowest BCUT2D eigenvalue weighted by Crippen LogP contribution is -2.43. The summed E-state index contributed by atoms with van der Waals surface area (Å²) in [6.45, 7) is -0.208. The van der Waals surface area contributed by atoms with Crippen LogP contribution in [0.25, 0.3) is 0 Å². The first kappa shape index (κ1) is 15.8. The topological polar surface area (TPSA) is 75.6 Å². The minimum atomic E-state index is -1.17. The molecule has 1 aromatic rings. The van der Waals surface area contributed by atoms with E-state index in [1.165, 1.54) is 7.11 Å². The second-order valence-electron chi connectivity index (χ2n) is 3.80. The van der Waals surface area contributed by atoms with Crippen LogP contribution in [0.3, 0.4) is 0 Å². The molecule has 1 aromatic carbocycles. The van der Waals surface area contributed by atoms with Crippen LogP contribution in [0, 0.1) is 0 Å². The lowest BCUT2D eigenvalue weighted by Gasteiger charge is -2.16. The Morgan fingerprint density at radius 2 is 1.95 bits per heavy atom. The first-order valence-electron chi connectivity index (χ1n) is 5.39. The highest BCUT2D eigenvalue weighted by Gasteiger charge is 2.22. The average Bonchev–Trinajstić information content (AvgIpc) is 2.32. The number of carbonyl (C=O) groups excluding carboxylic acids is 1. The van der Waals surface area contributed by atoms with Crippen molar-refractivity contribution in [1.82, 2.24) is 5.32 Å². The largest absolute Gasteiger partial charge is 0.480 e. The smallest absolute Gasteiger partial charge is 0.326 e. The standard InChI is InChI=1S/C12H13Cl2NO4/c1-19-6-11(16)15-10(12(17)18)5-7-8(13)3-2-4-9(7)14/h2-4,10H,5-6H2,1H3,(H,15,16)(H,17,18)/t10-/m1/s1. The van der Waals surface area contributed by atoms with Crippen molar-refractivity contribution in [2.45, 2.75) is 12.5 Å². The van der Waals surface area contributed by atoms with E-state index in [0.29, 0.717) is 15.6 Å². The van der Waals surface area contributed by atoms with Crippen LogP contribution in [0.15, 0.2) is 18.2 Å². The maximum absolute atomic E-state index is 11.4. The number of carboxylic acids is 1. The summed E-state index contributed by atoms with van der Waals surface area (Å²) in [6, 6.07) is 3.77. The molecule has 5 nitrogen and oxygen atoms in total. The van der Waals surface area contributed by atoms with E-state index >= 15 is 0 Å². The lowest BCUT2D eigenvalue weighted by molar-refractivity contribution is -0.142. The first-order chi connectivity index (χ1) is 8.95. The average molecular weight is 306 g/mol. The number of carbonyl (C=O) groups is 2. The predicted octanol–water partition coefficient (Wildman–Crippen LogP) is 1.75. The molecule has 0 unspecified atom stereocenters. The molecule has 1 rings (SSSR count). The third-order valence-electron chi connectivity index (χ3n) is 2.38. The van der Waals surface area contributed by atoms with Gasteiger partial charge in [0.1, 0.15) is 12.6 Å². The van der Waals surface area contributed by atoms with Crippen molar-refractivity contribution in [3.05, 3.63) is 33.8 Å². The molecule has 0 aromatic heterocycles. The Balaban J connectivity index is 2.84. The van der Waals surface area contributed by atoms with Crippen molar-refractivity contribution < 1.29 is 19.4 Å². The fraction of sp³-hybridized carbons (Fsp3) is 0.333. The number of rotatable bonds is 6. The Morgan fingerprint density at radius 3 is 2.42 bits per heavy atom. The third-order valence-corrected chi connectivity index (χ3v) is 3.09. The highest BCUT2D eigenvalue weighted by molar-refractivity contribution is 6.36. The van der Waals surface area contributed by atoms with E-state index in [2.05, 4.69) is 10.1 Å². The Morgan fingerprint density at radius 1 is 1.37 bits per heavy atom. The zero-order valence-corrected chi connectivity index (χ0v) is 11.7. The maximum Gasteiger partial charge on any atom is 0.326 e. The van der Waals surface area contributed by atoms with Gasteiger partial charge < -0.3 is 15.2 Å². The van der Waals surface area contributed by atoms with Crippen molar-refractivity contribution in [2.24, 2.45) is 0 Å². The zero-order chi connectivity index (χ0) is 14.4. The van der Waals surface area contributed by atoms with Gasteiger partial charge in [0.2, 0.25) is 5.91 Å². The molecule has 1 amide bonds. The Labute approximate surface area is 120 Å². The monoisotopic (exact) mass is 305 g/mol. The molecule has 0 fully saturated rings. The van der Waals surface area contributed by atoms with Gasteiger partial charge in [-0.15, -0.1) is 0 Å². The Kier molecular flexibility index (Phi) is 6.08. The molecule has 0 spiro atoms. The summed E-state index contributed by atoms with van der Waals surface area (Å²) in [5.74, 6) is -1.68. The van der Waals surface area contributed by atoms with E-state index < -0.39 is 17.9 Å². The van der Waals surface area contributed by atoms with Crippen molar-refractivity contribution in [3.63, 3.8) is 0 Å². The summed E-state index contributed by atoms with van der Waals surface area (Å²) in [7, 11) is 1.35. The minimum Gasteiger partial charge on any atom is -0.480 e. The number of amides is 1. The molecule has 0 radical (unpaired) electrons. The van der Waals surface area contributed by atoms with Gasteiger partial charge in [0.25, 0.3) is 0 Å². The zero-order valence-electron chi connectivity index (χ0n) is 10.2. The minimum absolute atomic E-state index is 0.00327. The number of carboxylic acid groups (broad SMARTS) is 1. The van der Waals surface area contributed by atoms with E-state index in [1.54, 1.807) is 18.2 Å². The third kappa shape index (κ3) is 4.70. The maximum atomic E-state index is 11.4. The van der Waals surface area contributed by atoms with Gasteiger partial charge in [0, 0.05) is 23.6 Å². The summed E-state index contributed by atoms with van der Waals surface area (Å²) >= 11 is 11.9. The summed E-state index contributed by atoms with van der Waals surface area (Å²) in [6.07, 6.45) is 0.00327. The number of benzene rings is 1. The van der Waals surface area contributed by atoms with Crippen LogP contribution in [0.2, 0.25) is 10.0 Å². The van der Waals surface area contributed by atoms with E-state index in [9.17, 15) is 9.59 Å². The van der Waals surface area contributed by atoms with Crippen molar-refractivity contribution in [2.75, 3.05) is 13.7 Å². The van der Waals surface area contributed by atoms with Crippen molar-refractivity contribution >= 4 is 35.1 Å². The number of aliphatic carboxylic acids is 1. The number of ether oxygens (including phenoxy) is 1. The van der Waals surface area contributed by atoms with E-state index in [-0.39, 0.29) is 13.0 Å². The summed E-state index contributed by atoms with van der Waals surface area (Å²) < 4.78 is 4.62.